The van der Waals surface area contributed by atoms with Crippen molar-refractivity contribution in [2.75, 3.05) is 11.9 Å². The molecule has 1 rings (SSSR count). The van der Waals surface area contributed by atoms with Gasteiger partial charge in [0.2, 0.25) is 0 Å². The molecule has 0 bridgehead atoms. The van der Waals surface area contributed by atoms with Gasteiger partial charge in [-0.05, 0) is 25.5 Å². The fourth-order valence-corrected chi connectivity index (χ4v) is 1.33. The highest BCUT2D eigenvalue weighted by molar-refractivity contribution is 5.99. The highest BCUT2D eigenvalue weighted by Gasteiger charge is 2.08. The van der Waals surface area contributed by atoms with Gasteiger partial charge in [-0.2, -0.15) is 0 Å². The van der Waals surface area contributed by atoms with Gasteiger partial charge in [0, 0.05) is 0 Å². The Kier molecular flexibility index (Phi) is 3.75. The molecule has 0 aliphatic heterocycles. The number of hydrogen-bond acceptors (Lipinski definition) is 2. The zero-order valence-corrected chi connectivity index (χ0v) is 8.92. The lowest BCUT2D eigenvalue weighted by atomic mass is 10.1. The third kappa shape index (κ3) is 2.75. The summed E-state index contributed by atoms with van der Waals surface area (Å²) in [5.74, 6) is 5.23. The maximum Gasteiger partial charge on any atom is 0.250 e. The van der Waals surface area contributed by atoms with Crippen LogP contribution in [0.3, 0.4) is 0 Å². The molecule has 0 radical (unpaired) electrons. The van der Waals surface area contributed by atoms with Crippen LogP contribution in [0.2, 0.25) is 0 Å². The molecule has 15 heavy (non-hydrogen) atoms. The summed E-state index contributed by atoms with van der Waals surface area (Å²) in [5.41, 5.74) is 7.54. The van der Waals surface area contributed by atoms with E-state index < -0.39 is 5.91 Å². The Morgan fingerprint density at radius 3 is 2.87 bits per heavy atom. The summed E-state index contributed by atoms with van der Waals surface area (Å²) in [7, 11) is 0. The van der Waals surface area contributed by atoms with Crippen molar-refractivity contribution in [1.29, 1.82) is 0 Å². The van der Waals surface area contributed by atoms with Gasteiger partial charge in [-0.15, -0.1) is 5.92 Å². The molecule has 0 aliphatic rings. The topological polar surface area (TPSA) is 55.1 Å². The zero-order chi connectivity index (χ0) is 11.3. The van der Waals surface area contributed by atoms with E-state index in [0.717, 1.165) is 11.3 Å². The smallest absolute Gasteiger partial charge is 0.250 e. The summed E-state index contributed by atoms with van der Waals surface area (Å²) < 4.78 is 0. The molecule has 3 N–H and O–H groups in total. The molecule has 3 nitrogen and oxygen atoms in total. The van der Waals surface area contributed by atoms with E-state index in [1.54, 1.807) is 13.0 Å². The van der Waals surface area contributed by atoms with Crippen LogP contribution >= 0.6 is 0 Å². The molecule has 0 saturated heterocycles. The van der Waals surface area contributed by atoms with E-state index in [-0.39, 0.29) is 0 Å². The predicted octanol–water partition coefficient (Wildman–Crippen LogP) is 1.53. The lowest BCUT2D eigenvalue weighted by Crippen LogP contribution is -2.15. The number of carbonyl (C=O) groups excluding carboxylic acids is 1. The van der Waals surface area contributed by atoms with Crippen molar-refractivity contribution in [3.8, 4) is 11.8 Å². The zero-order valence-electron chi connectivity index (χ0n) is 8.92. The number of nitrogens with one attached hydrogen (secondary N) is 1. The molecule has 0 atom stereocenters. The van der Waals surface area contributed by atoms with E-state index in [0.29, 0.717) is 12.1 Å². The third-order valence-electron chi connectivity index (χ3n) is 2.07. The SMILES string of the molecule is CC#CCNc1c(C)cccc1C(N)=O. The summed E-state index contributed by atoms with van der Waals surface area (Å²) in [6, 6.07) is 5.44. The number of amides is 1. The number of aryl methyl sites for hydroxylation is 1. The second-order valence-corrected chi connectivity index (χ2v) is 3.14. The molecule has 0 aromatic heterocycles. The van der Waals surface area contributed by atoms with Crippen molar-refractivity contribution >= 4 is 11.6 Å². The largest absolute Gasteiger partial charge is 0.373 e. The molecule has 3 heteroatoms. The molecule has 1 amide bonds. The number of benzene rings is 1. The lowest BCUT2D eigenvalue weighted by molar-refractivity contribution is 0.100. The lowest BCUT2D eigenvalue weighted by Gasteiger charge is -2.10. The highest BCUT2D eigenvalue weighted by Crippen LogP contribution is 2.19. The molecule has 1 aromatic rings. The van der Waals surface area contributed by atoms with Crippen LogP contribution in [0, 0.1) is 18.8 Å². The van der Waals surface area contributed by atoms with Crippen LogP contribution in [0.1, 0.15) is 22.8 Å². The van der Waals surface area contributed by atoms with E-state index in [4.69, 9.17) is 5.73 Å². The minimum absolute atomic E-state index is 0.425. The maximum atomic E-state index is 11.2. The van der Waals surface area contributed by atoms with Crippen LogP contribution in [0.4, 0.5) is 5.69 Å². The first-order chi connectivity index (χ1) is 7.16. The first-order valence-corrected chi connectivity index (χ1v) is 4.69. The van der Waals surface area contributed by atoms with Crippen LogP contribution in [0.15, 0.2) is 18.2 Å². The number of primary amides is 1. The molecular formula is C12H14N2O. The number of anilines is 1. The van der Waals surface area contributed by atoms with Gasteiger partial charge in [-0.3, -0.25) is 4.79 Å². The molecule has 0 spiro atoms. The Morgan fingerprint density at radius 1 is 1.53 bits per heavy atom. The standard InChI is InChI=1S/C12H14N2O/c1-3-4-8-14-11-9(2)6-5-7-10(11)12(13)15/h5-7,14H,8H2,1-2H3,(H2,13,15). The van der Waals surface area contributed by atoms with E-state index in [2.05, 4.69) is 17.2 Å². The van der Waals surface area contributed by atoms with Gasteiger partial charge in [0.05, 0.1) is 17.8 Å². The van der Waals surface area contributed by atoms with Crippen molar-refractivity contribution in [3.63, 3.8) is 0 Å². The summed E-state index contributed by atoms with van der Waals surface area (Å²) in [6.45, 7) is 4.21. The van der Waals surface area contributed by atoms with Gasteiger partial charge >= 0.3 is 0 Å². The summed E-state index contributed by atoms with van der Waals surface area (Å²) >= 11 is 0. The Morgan fingerprint density at radius 2 is 2.27 bits per heavy atom. The third-order valence-corrected chi connectivity index (χ3v) is 2.07. The first-order valence-electron chi connectivity index (χ1n) is 4.69. The monoisotopic (exact) mass is 202 g/mol. The van der Waals surface area contributed by atoms with Crippen LogP contribution in [0.5, 0.6) is 0 Å². The molecule has 0 unspecified atom stereocenters. The summed E-state index contributed by atoms with van der Waals surface area (Å²) in [6.07, 6.45) is 0. The molecule has 78 valence electrons. The number of nitrogens with two attached hydrogens (primary N) is 1. The highest BCUT2D eigenvalue weighted by atomic mass is 16.1. The van der Waals surface area contributed by atoms with Crippen LogP contribution in [0.25, 0.3) is 0 Å². The van der Waals surface area contributed by atoms with Gasteiger partial charge in [0.1, 0.15) is 0 Å². The second-order valence-electron chi connectivity index (χ2n) is 3.14. The number of para-hydroxylation sites is 1. The Labute approximate surface area is 89.7 Å². The van der Waals surface area contributed by atoms with Crippen molar-refractivity contribution in [2.24, 2.45) is 5.73 Å². The average molecular weight is 202 g/mol. The Hall–Kier alpha value is -1.95. The number of rotatable bonds is 3. The Balaban J connectivity index is 3.00. The van der Waals surface area contributed by atoms with Crippen LogP contribution in [-0.2, 0) is 0 Å². The van der Waals surface area contributed by atoms with Crippen molar-refractivity contribution in [3.05, 3.63) is 29.3 Å². The quantitative estimate of drug-likeness (QED) is 0.730. The van der Waals surface area contributed by atoms with Gasteiger partial charge in [0.25, 0.3) is 5.91 Å². The van der Waals surface area contributed by atoms with E-state index in [1.165, 1.54) is 0 Å². The van der Waals surface area contributed by atoms with E-state index in [9.17, 15) is 4.79 Å². The summed E-state index contributed by atoms with van der Waals surface area (Å²) in [4.78, 5) is 11.2. The minimum atomic E-state index is -0.425. The summed E-state index contributed by atoms with van der Waals surface area (Å²) in [5, 5.41) is 3.09. The molecule has 0 aliphatic carbocycles. The van der Waals surface area contributed by atoms with Gasteiger partial charge in [-0.25, -0.2) is 0 Å². The molecule has 0 saturated carbocycles. The second kappa shape index (κ2) is 5.06. The van der Waals surface area contributed by atoms with Crippen molar-refractivity contribution < 1.29 is 4.79 Å². The van der Waals surface area contributed by atoms with Crippen LogP contribution < -0.4 is 11.1 Å². The van der Waals surface area contributed by atoms with E-state index >= 15 is 0 Å². The Bertz CT molecular complexity index is 427. The van der Waals surface area contributed by atoms with E-state index in [1.807, 2.05) is 19.1 Å². The minimum Gasteiger partial charge on any atom is -0.373 e. The normalized spacial score (nSPS) is 8.93. The fourth-order valence-electron chi connectivity index (χ4n) is 1.33. The number of carbonyl (C=O) groups is 1. The average Bonchev–Trinajstić information content (AvgIpc) is 2.20. The van der Waals surface area contributed by atoms with Crippen molar-refractivity contribution in [1.82, 2.24) is 0 Å². The molecular weight excluding hydrogens is 188 g/mol. The van der Waals surface area contributed by atoms with Gasteiger partial charge in [0.15, 0.2) is 0 Å². The van der Waals surface area contributed by atoms with Crippen molar-refractivity contribution in [2.45, 2.75) is 13.8 Å². The fraction of sp³-hybridized carbons (Fsp3) is 0.250. The molecule has 0 heterocycles. The first kappa shape index (κ1) is 11.1. The molecule has 0 fully saturated rings. The number of hydrogen-bond donors (Lipinski definition) is 2. The maximum absolute atomic E-state index is 11.2. The van der Waals surface area contributed by atoms with Gasteiger partial charge in [-0.1, -0.05) is 18.1 Å². The predicted molar refractivity (Wildman–Crippen MR) is 61.6 cm³/mol. The van der Waals surface area contributed by atoms with Crippen LogP contribution in [-0.4, -0.2) is 12.5 Å². The van der Waals surface area contributed by atoms with Gasteiger partial charge < -0.3 is 11.1 Å². The molecule has 1 aromatic carbocycles.